The Morgan fingerprint density at radius 3 is 2.29 bits per heavy atom. The third-order valence-electron chi connectivity index (χ3n) is 3.22. The summed E-state index contributed by atoms with van der Waals surface area (Å²) in [5, 5.41) is 11.4. The second-order valence-corrected chi connectivity index (χ2v) is 5.22. The fraction of sp³-hybridized carbons (Fsp3) is 0.769. The average molecular weight is 301 g/mol. The second kappa shape index (κ2) is 7.82. The van der Waals surface area contributed by atoms with Gasteiger partial charge < -0.3 is 25.0 Å². The molecule has 120 valence electrons. The summed E-state index contributed by atoms with van der Waals surface area (Å²) in [7, 11) is 0. The zero-order valence-electron chi connectivity index (χ0n) is 12.7. The lowest BCUT2D eigenvalue weighted by Crippen LogP contribution is -2.54. The number of nitrogens with one attached hydrogen (secondary N) is 1. The van der Waals surface area contributed by atoms with Crippen LogP contribution in [0.15, 0.2) is 0 Å². The van der Waals surface area contributed by atoms with Crippen molar-refractivity contribution in [2.75, 3.05) is 32.8 Å². The van der Waals surface area contributed by atoms with Gasteiger partial charge >= 0.3 is 12.0 Å². The Bertz CT molecular complexity index is 393. The maximum absolute atomic E-state index is 12.2. The fourth-order valence-electron chi connectivity index (χ4n) is 2.02. The van der Waals surface area contributed by atoms with Gasteiger partial charge in [-0.1, -0.05) is 0 Å². The second-order valence-electron chi connectivity index (χ2n) is 5.22. The molecule has 3 amide bonds. The van der Waals surface area contributed by atoms with E-state index in [-0.39, 0.29) is 11.9 Å². The van der Waals surface area contributed by atoms with Gasteiger partial charge in [0.1, 0.15) is 12.6 Å². The van der Waals surface area contributed by atoms with Crippen molar-refractivity contribution in [1.82, 2.24) is 15.1 Å². The fourth-order valence-corrected chi connectivity index (χ4v) is 2.02. The number of carboxylic acid groups (broad SMARTS) is 1. The predicted octanol–water partition coefficient (Wildman–Crippen LogP) is -0.262. The quantitative estimate of drug-likeness (QED) is 0.729. The maximum atomic E-state index is 12.2. The number of ether oxygens (including phenoxy) is 1. The highest BCUT2D eigenvalue weighted by Gasteiger charge is 2.27. The van der Waals surface area contributed by atoms with Crippen molar-refractivity contribution >= 4 is 17.9 Å². The normalized spacial score (nSPS) is 16.5. The monoisotopic (exact) mass is 301 g/mol. The molecule has 1 rings (SSSR count). The number of morpholine rings is 1. The number of hydrogen-bond donors (Lipinski definition) is 2. The summed E-state index contributed by atoms with van der Waals surface area (Å²) in [6.07, 6.45) is 0. The van der Waals surface area contributed by atoms with Crippen molar-refractivity contribution in [3.63, 3.8) is 0 Å². The van der Waals surface area contributed by atoms with Crippen LogP contribution in [0.3, 0.4) is 0 Å². The molecule has 1 saturated heterocycles. The molecule has 21 heavy (non-hydrogen) atoms. The Balaban J connectivity index is 2.58. The van der Waals surface area contributed by atoms with E-state index in [2.05, 4.69) is 5.32 Å². The Kier molecular flexibility index (Phi) is 6.41. The van der Waals surface area contributed by atoms with Crippen LogP contribution in [-0.2, 0) is 14.3 Å². The molecular formula is C13H23N3O5. The standard InChI is InChI=1S/C13H23N3O5/c1-9(2)16(8-11(17)18)13(20)14-10(3)12(19)15-4-6-21-7-5-15/h9-10H,4-8H2,1-3H3,(H,14,20)(H,17,18). The number of carbonyl (C=O) groups is 3. The van der Waals surface area contributed by atoms with Crippen molar-refractivity contribution in [3.05, 3.63) is 0 Å². The summed E-state index contributed by atoms with van der Waals surface area (Å²) in [4.78, 5) is 37.8. The van der Waals surface area contributed by atoms with Crippen LogP contribution in [0.1, 0.15) is 20.8 Å². The summed E-state index contributed by atoms with van der Waals surface area (Å²) in [5.41, 5.74) is 0. The summed E-state index contributed by atoms with van der Waals surface area (Å²) >= 11 is 0. The molecule has 0 saturated carbocycles. The number of hydrogen-bond acceptors (Lipinski definition) is 4. The van der Waals surface area contributed by atoms with Gasteiger partial charge in [0.25, 0.3) is 0 Å². The minimum Gasteiger partial charge on any atom is -0.480 e. The number of carboxylic acids is 1. The lowest BCUT2D eigenvalue weighted by atomic mass is 10.2. The molecule has 0 aliphatic carbocycles. The molecule has 1 unspecified atom stereocenters. The maximum Gasteiger partial charge on any atom is 0.323 e. The van der Waals surface area contributed by atoms with Crippen LogP contribution in [0.2, 0.25) is 0 Å². The first-order chi connectivity index (χ1) is 9.82. The molecule has 1 aliphatic heterocycles. The summed E-state index contributed by atoms with van der Waals surface area (Å²) in [6.45, 7) is 6.61. The zero-order valence-corrected chi connectivity index (χ0v) is 12.7. The van der Waals surface area contributed by atoms with Gasteiger partial charge in [0.05, 0.1) is 13.2 Å². The minimum atomic E-state index is -1.09. The van der Waals surface area contributed by atoms with Gasteiger partial charge in [-0.3, -0.25) is 9.59 Å². The van der Waals surface area contributed by atoms with E-state index in [0.29, 0.717) is 26.3 Å². The van der Waals surface area contributed by atoms with Crippen molar-refractivity contribution in [3.8, 4) is 0 Å². The minimum absolute atomic E-state index is 0.189. The number of urea groups is 1. The molecule has 2 N–H and O–H groups in total. The lowest BCUT2D eigenvalue weighted by Gasteiger charge is -2.31. The Hall–Kier alpha value is -1.83. The van der Waals surface area contributed by atoms with E-state index in [1.54, 1.807) is 25.7 Å². The van der Waals surface area contributed by atoms with Crippen molar-refractivity contribution in [2.45, 2.75) is 32.9 Å². The molecule has 1 aliphatic rings. The van der Waals surface area contributed by atoms with Crippen molar-refractivity contribution < 1.29 is 24.2 Å². The van der Waals surface area contributed by atoms with Crippen LogP contribution in [0.25, 0.3) is 0 Å². The first-order valence-electron chi connectivity index (χ1n) is 6.98. The first kappa shape index (κ1) is 17.2. The molecule has 0 aromatic carbocycles. The van der Waals surface area contributed by atoms with Crippen LogP contribution in [0.5, 0.6) is 0 Å². The van der Waals surface area contributed by atoms with Gasteiger partial charge in [0, 0.05) is 19.1 Å². The third-order valence-corrected chi connectivity index (χ3v) is 3.22. The Morgan fingerprint density at radius 2 is 1.81 bits per heavy atom. The predicted molar refractivity (Wildman–Crippen MR) is 74.9 cm³/mol. The van der Waals surface area contributed by atoms with Gasteiger partial charge in [0.15, 0.2) is 0 Å². The van der Waals surface area contributed by atoms with Crippen LogP contribution in [-0.4, -0.2) is 77.7 Å². The topological polar surface area (TPSA) is 99.2 Å². The van der Waals surface area contributed by atoms with Gasteiger partial charge in [-0.05, 0) is 20.8 Å². The van der Waals surface area contributed by atoms with E-state index in [1.807, 2.05) is 0 Å². The molecule has 8 heteroatoms. The smallest absolute Gasteiger partial charge is 0.323 e. The van der Waals surface area contributed by atoms with Crippen molar-refractivity contribution in [1.29, 1.82) is 0 Å². The molecule has 0 aromatic heterocycles. The van der Waals surface area contributed by atoms with Crippen LogP contribution in [0, 0.1) is 0 Å². The first-order valence-corrected chi connectivity index (χ1v) is 6.98. The highest BCUT2D eigenvalue weighted by atomic mass is 16.5. The molecule has 0 radical (unpaired) electrons. The van der Waals surface area contributed by atoms with Crippen LogP contribution < -0.4 is 5.32 Å². The van der Waals surface area contributed by atoms with Gasteiger partial charge in [-0.15, -0.1) is 0 Å². The van der Waals surface area contributed by atoms with E-state index in [0.717, 1.165) is 0 Å². The number of nitrogens with zero attached hydrogens (tertiary/aromatic N) is 2. The largest absolute Gasteiger partial charge is 0.480 e. The molecule has 1 atom stereocenters. The number of aliphatic carboxylic acids is 1. The molecule has 1 heterocycles. The highest BCUT2D eigenvalue weighted by Crippen LogP contribution is 2.03. The van der Waals surface area contributed by atoms with E-state index in [9.17, 15) is 14.4 Å². The molecule has 8 nitrogen and oxygen atoms in total. The number of carbonyl (C=O) groups excluding carboxylic acids is 2. The molecule has 0 spiro atoms. The van der Waals surface area contributed by atoms with Crippen LogP contribution >= 0.6 is 0 Å². The average Bonchev–Trinajstić information content (AvgIpc) is 2.44. The Morgan fingerprint density at radius 1 is 1.24 bits per heavy atom. The van der Waals surface area contributed by atoms with Crippen molar-refractivity contribution in [2.24, 2.45) is 0 Å². The lowest BCUT2D eigenvalue weighted by molar-refractivity contribution is -0.138. The number of rotatable bonds is 5. The summed E-state index contributed by atoms with van der Waals surface area (Å²) in [6, 6.07) is -1.53. The molecule has 0 bridgehead atoms. The van der Waals surface area contributed by atoms with Crippen LogP contribution in [0.4, 0.5) is 4.79 Å². The van der Waals surface area contributed by atoms with Gasteiger partial charge in [-0.25, -0.2) is 4.79 Å². The zero-order chi connectivity index (χ0) is 16.0. The van der Waals surface area contributed by atoms with E-state index < -0.39 is 24.6 Å². The van der Waals surface area contributed by atoms with Gasteiger partial charge in [-0.2, -0.15) is 0 Å². The molecule has 0 aromatic rings. The van der Waals surface area contributed by atoms with Gasteiger partial charge in [0.2, 0.25) is 5.91 Å². The van der Waals surface area contributed by atoms with E-state index >= 15 is 0 Å². The van der Waals surface area contributed by atoms with E-state index in [1.165, 1.54) is 4.90 Å². The Labute approximate surface area is 124 Å². The summed E-state index contributed by atoms with van der Waals surface area (Å²) < 4.78 is 5.17. The highest BCUT2D eigenvalue weighted by molar-refractivity contribution is 5.88. The summed E-state index contributed by atoms with van der Waals surface area (Å²) in [5.74, 6) is -1.28. The number of amides is 3. The third kappa shape index (κ3) is 5.22. The SMILES string of the molecule is CC(NC(=O)N(CC(=O)O)C(C)C)C(=O)N1CCOCC1. The molecule has 1 fully saturated rings. The van der Waals surface area contributed by atoms with E-state index in [4.69, 9.17) is 9.84 Å². The molecular weight excluding hydrogens is 278 g/mol.